The van der Waals surface area contributed by atoms with Gasteiger partial charge in [0.1, 0.15) is 18.3 Å². The van der Waals surface area contributed by atoms with Crippen molar-refractivity contribution in [1.82, 2.24) is 5.06 Å². The molecular formula is C13H21NO5. The summed E-state index contributed by atoms with van der Waals surface area (Å²) >= 11 is 0. The molecule has 4 saturated heterocycles. The SMILES string of the molecule is C[C@@H]1ON(C)[C@H]2[C@@H]1CO[C@@H]1[C@H]3OC(C)(C)O[C@H]3O[C@@H]12. The van der Waals surface area contributed by atoms with E-state index in [9.17, 15) is 0 Å². The number of hydroxylamine groups is 2. The number of ether oxygens (including phenoxy) is 4. The predicted octanol–water partition coefficient (Wildman–Crippen LogP) is 0.512. The normalized spacial score (nSPS) is 55.9. The van der Waals surface area contributed by atoms with E-state index >= 15 is 0 Å². The average Bonchev–Trinajstić information content (AvgIpc) is 2.88. The lowest BCUT2D eigenvalue weighted by atomic mass is 9.87. The summed E-state index contributed by atoms with van der Waals surface area (Å²) in [6.07, 6.45) is -0.402. The molecular weight excluding hydrogens is 250 g/mol. The summed E-state index contributed by atoms with van der Waals surface area (Å²) in [5.41, 5.74) is 0. The third kappa shape index (κ3) is 1.71. The second-order valence-corrected chi connectivity index (χ2v) is 6.38. The zero-order valence-electron chi connectivity index (χ0n) is 11.7. The highest BCUT2D eigenvalue weighted by Crippen LogP contribution is 2.45. The smallest absolute Gasteiger partial charge is 0.190 e. The van der Waals surface area contributed by atoms with Gasteiger partial charge < -0.3 is 18.9 Å². The fourth-order valence-corrected chi connectivity index (χ4v) is 3.83. The number of nitrogens with zero attached hydrogens (tertiary/aromatic N) is 1. The Labute approximate surface area is 112 Å². The highest BCUT2D eigenvalue weighted by molar-refractivity contribution is 5.05. The van der Waals surface area contributed by atoms with Gasteiger partial charge in [0.15, 0.2) is 12.1 Å². The lowest BCUT2D eigenvalue weighted by Gasteiger charge is -2.38. The lowest BCUT2D eigenvalue weighted by molar-refractivity contribution is -0.243. The Hall–Kier alpha value is -0.240. The number of hydrogen-bond acceptors (Lipinski definition) is 6. The largest absolute Gasteiger partial charge is 0.372 e. The molecule has 6 heteroatoms. The van der Waals surface area contributed by atoms with Crippen molar-refractivity contribution in [2.24, 2.45) is 5.92 Å². The Balaban J connectivity index is 1.58. The maximum Gasteiger partial charge on any atom is 0.190 e. The van der Waals surface area contributed by atoms with Gasteiger partial charge in [-0.25, -0.2) is 0 Å². The molecule has 0 N–H and O–H groups in total. The number of likely N-dealkylation sites (N-methyl/N-ethyl adjacent to an activating group) is 1. The van der Waals surface area contributed by atoms with Crippen LogP contribution in [0.1, 0.15) is 20.8 Å². The van der Waals surface area contributed by atoms with Gasteiger partial charge in [0.2, 0.25) is 0 Å². The molecule has 4 fully saturated rings. The van der Waals surface area contributed by atoms with Gasteiger partial charge in [-0.1, -0.05) is 0 Å². The van der Waals surface area contributed by atoms with Crippen molar-refractivity contribution < 1.29 is 23.8 Å². The first-order valence-corrected chi connectivity index (χ1v) is 6.98. The van der Waals surface area contributed by atoms with Gasteiger partial charge in [-0.05, 0) is 20.8 Å². The van der Waals surface area contributed by atoms with Crippen molar-refractivity contribution in [3.63, 3.8) is 0 Å². The summed E-state index contributed by atoms with van der Waals surface area (Å²) in [4.78, 5) is 5.77. The van der Waals surface area contributed by atoms with Crippen LogP contribution in [0.2, 0.25) is 0 Å². The number of hydrogen-bond donors (Lipinski definition) is 0. The standard InChI is InChI=1S/C13H21NO5/c1-6-7-5-15-10-9(8(7)14(4)19-6)16-12-11(10)17-13(2,3)18-12/h6-12H,5H2,1-4H3/t6-,7+,8-,9+,10-,11+,12+/m0/s1. The van der Waals surface area contributed by atoms with E-state index in [0.29, 0.717) is 12.5 Å². The molecule has 0 aromatic heterocycles. The van der Waals surface area contributed by atoms with Gasteiger partial charge in [-0.15, -0.1) is 0 Å². The predicted molar refractivity (Wildman–Crippen MR) is 64.0 cm³/mol. The zero-order valence-corrected chi connectivity index (χ0v) is 11.7. The van der Waals surface area contributed by atoms with Crippen LogP contribution in [0.15, 0.2) is 0 Å². The molecule has 0 bridgehead atoms. The van der Waals surface area contributed by atoms with Gasteiger partial charge in [-0.3, -0.25) is 4.84 Å². The molecule has 108 valence electrons. The first-order chi connectivity index (χ1) is 8.96. The van der Waals surface area contributed by atoms with E-state index in [2.05, 4.69) is 6.92 Å². The van der Waals surface area contributed by atoms with Crippen molar-refractivity contribution in [2.45, 2.75) is 63.3 Å². The maximum atomic E-state index is 6.06. The zero-order chi connectivity index (χ0) is 13.4. The molecule has 4 aliphatic heterocycles. The fraction of sp³-hybridized carbons (Fsp3) is 1.00. The molecule has 7 atom stereocenters. The van der Waals surface area contributed by atoms with Crippen molar-refractivity contribution in [3.05, 3.63) is 0 Å². The maximum absolute atomic E-state index is 6.06. The number of fused-ring (bicyclic) bond motifs is 5. The van der Waals surface area contributed by atoms with Crippen LogP contribution in [0.3, 0.4) is 0 Å². The van der Waals surface area contributed by atoms with Gasteiger partial charge in [0.25, 0.3) is 0 Å². The molecule has 6 nitrogen and oxygen atoms in total. The molecule has 0 aromatic rings. The molecule has 0 amide bonds. The Kier molecular flexibility index (Phi) is 2.57. The van der Waals surface area contributed by atoms with Crippen LogP contribution in [-0.4, -0.2) is 61.3 Å². The van der Waals surface area contributed by atoms with Gasteiger partial charge in [-0.2, -0.15) is 5.06 Å². The summed E-state index contributed by atoms with van der Waals surface area (Å²) in [5.74, 6) is -0.246. The Bertz CT molecular complexity index is 389. The second-order valence-electron chi connectivity index (χ2n) is 6.38. The molecule has 0 radical (unpaired) electrons. The highest BCUT2D eigenvalue weighted by Gasteiger charge is 2.62. The first kappa shape index (κ1) is 12.5. The minimum Gasteiger partial charge on any atom is -0.372 e. The molecule has 0 spiro atoms. The van der Waals surface area contributed by atoms with Crippen molar-refractivity contribution in [3.8, 4) is 0 Å². The summed E-state index contributed by atoms with van der Waals surface area (Å²) in [6, 6.07) is 0.217. The van der Waals surface area contributed by atoms with E-state index in [1.807, 2.05) is 26.0 Å². The van der Waals surface area contributed by atoms with Crippen LogP contribution < -0.4 is 0 Å². The summed E-state index contributed by atoms with van der Waals surface area (Å²) in [5, 5.41) is 1.92. The van der Waals surface area contributed by atoms with Crippen LogP contribution in [0.25, 0.3) is 0 Å². The quantitative estimate of drug-likeness (QED) is 0.640. The molecule has 0 saturated carbocycles. The van der Waals surface area contributed by atoms with Gasteiger partial charge in [0.05, 0.1) is 18.8 Å². The van der Waals surface area contributed by atoms with Gasteiger partial charge >= 0.3 is 0 Å². The Morgan fingerprint density at radius 3 is 2.68 bits per heavy atom. The van der Waals surface area contributed by atoms with Gasteiger partial charge in [0, 0.05) is 13.0 Å². The summed E-state index contributed by atoms with van der Waals surface area (Å²) in [6.45, 7) is 6.58. The molecule has 4 heterocycles. The molecule has 0 unspecified atom stereocenters. The van der Waals surface area contributed by atoms with Crippen molar-refractivity contribution in [1.29, 1.82) is 0 Å². The molecule has 0 aromatic carbocycles. The van der Waals surface area contributed by atoms with Crippen LogP contribution in [0, 0.1) is 5.92 Å². The van der Waals surface area contributed by atoms with Crippen LogP contribution in [0.5, 0.6) is 0 Å². The number of rotatable bonds is 0. The van der Waals surface area contributed by atoms with E-state index < -0.39 is 5.79 Å². The third-order valence-corrected chi connectivity index (χ3v) is 4.64. The van der Waals surface area contributed by atoms with E-state index in [1.54, 1.807) is 0 Å². The lowest BCUT2D eigenvalue weighted by Crippen LogP contribution is -2.54. The Morgan fingerprint density at radius 1 is 1.11 bits per heavy atom. The van der Waals surface area contributed by atoms with Crippen molar-refractivity contribution >= 4 is 0 Å². The van der Waals surface area contributed by atoms with Crippen LogP contribution >= 0.6 is 0 Å². The molecule has 0 aliphatic carbocycles. The highest BCUT2D eigenvalue weighted by atomic mass is 16.8. The molecule has 19 heavy (non-hydrogen) atoms. The minimum atomic E-state index is -0.591. The summed E-state index contributed by atoms with van der Waals surface area (Å²) < 4.78 is 23.8. The third-order valence-electron chi connectivity index (χ3n) is 4.64. The molecule has 4 aliphatic rings. The topological polar surface area (TPSA) is 49.4 Å². The van der Waals surface area contributed by atoms with Crippen LogP contribution in [0.4, 0.5) is 0 Å². The fourth-order valence-electron chi connectivity index (χ4n) is 3.83. The minimum absolute atomic E-state index is 0.0419. The van der Waals surface area contributed by atoms with Crippen molar-refractivity contribution in [2.75, 3.05) is 13.7 Å². The monoisotopic (exact) mass is 271 g/mol. The molecule has 4 rings (SSSR count). The average molecular weight is 271 g/mol. The van der Waals surface area contributed by atoms with Crippen LogP contribution in [-0.2, 0) is 23.8 Å². The van der Waals surface area contributed by atoms with E-state index in [4.69, 9.17) is 23.8 Å². The Morgan fingerprint density at radius 2 is 1.89 bits per heavy atom. The van der Waals surface area contributed by atoms with E-state index in [-0.39, 0.29) is 36.7 Å². The summed E-state index contributed by atoms with van der Waals surface area (Å²) in [7, 11) is 1.96. The first-order valence-electron chi connectivity index (χ1n) is 6.98. The second kappa shape index (κ2) is 3.90. The van der Waals surface area contributed by atoms with E-state index in [0.717, 1.165) is 0 Å². The van der Waals surface area contributed by atoms with E-state index in [1.165, 1.54) is 0 Å².